The maximum absolute atomic E-state index is 14.1. The van der Waals surface area contributed by atoms with E-state index in [1.165, 1.54) is 18.1 Å². The number of rotatable bonds is 16. The number of carbonyl (C=O) groups excluding carboxylic acids is 3. The Bertz CT molecular complexity index is 1830. The zero-order chi connectivity index (χ0) is 33.3. The summed E-state index contributed by atoms with van der Waals surface area (Å²) in [5.41, 5.74) is 10.1. The molecular weight excluding hydrogens is 620 g/mol. The van der Waals surface area contributed by atoms with E-state index in [-0.39, 0.29) is 25.7 Å². The second-order valence-corrected chi connectivity index (χ2v) is 12.3. The van der Waals surface area contributed by atoms with E-state index >= 15 is 0 Å². The molecule has 3 heterocycles. The average Bonchev–Trinajstić information content (AvgIpc) is 3.83. The minimum atomic E-state index is -1.17. The minimum Gasteiger partial charge on any atom is -0.480 e. The van der Waals surface area contributed by atoms with Crippen LogP contribution < -0.4 is 21.7 Å². The van der Waals surface area contributed by atoms with Crippen molar-refractivity contribution in [2.75, 3.05) is 12.0 Å². The SMILES string of the molecule is CSCCC(NC(=O)C(Cc1c[nH]c2ccccc12)NC(=O)C(Cc1c[nH]c2ccccc12)NC(=O)C(N)Cc1cnc[nH]1)C(=O)O. The Hall–Kier alpha value is -5.08. The lowest BCUT2D eigenvalue weighted by Gasteiger charge is -2.25. The standard InChI is InChI=1S/C33H38N8O5S/c1-47-11-10-27(33(45)46)39-31(43)29(13-20-16-37-26-9-5-3-7-23(20)26)41-32(44)28(12-19-15-36-25-8-4-2-6-22(19)25)40-30(42)24(34)14-21-17-35-18-38-21/h2-9,15-18,24,27-29,36-37H,10-14,34H2,1H3,(H,35,38)(H,39,43)(H,40,42)(H,41,44)(H,45,46). The number of H-pyrrole nitrogens is 3. The van der Waals surface area contributed by atoms with Gasteiger partial charge in [0.25, 0.3) is 0 Å². The Kier molecular flexibility index (Phi) is 11.0. The number of fused-ring (bicyclic) bond motifs is 2. The molecule has 0 spiro atoms. The number of hydrogen-bond acceptors (Lipinski definition) is 7. The number of thioether (sulfide) groups is 1. The molecule has 9 N–H and O–H groups in total. The molecule has 0 fully saturated rings. The molecule has 3 aromatic heterocycles. The number of nitrogens with one attached hydrogen (secondary N) is 6. The van der Waals surface area contributed by atoms with Gasteiger partial charge in [0.2, 0.25) is 17.7 Å². The predicted octanol–water partition coefficient (Wildman–Crippen LogP) is 2.02. The van der Waals surface area contributed by atoms with Crippen LogP contribution in [0.2, 0.25) is 0 Å². The number of imidazole rings is 1. The Morgan fingerprint density at radius 1 is 0.787 bits per heavy atom. The third-order valence-corrected chi connectivity index (χ3v) is 8.66. The lowest BCUT2D eigenvalue weighted by atomic mass is 10.0. The van der Waals surface area contributed by atoms with Gasteiger partial charge in [0.15, 0.2) is 0 Å². The zero-order valence-corrected chi connectivity index (χ0v) is 26.6. The van der Waals surface area contributed by atoms with E-state index in [4.69, 9.17) is 5.73 Å². The number of carboxylic acids is 1. The van der Waals surface area contributed by atoms with E-state index < -0.39 is 47.9 Å². The maximum Gasteiger partial charge on any atom is 0.326 e. The van der Waals surface area contributed by atoms with E-state index in [0.717, 1.165) is 32.9 Å². The van der Waals surface area contributed by atoms with Gasteiger partial charge in [-0.2, -0.15) is 11.8 Å². The van der Waals surface area contributed by atoms with E-state index in [1.807, 2.05) is 54.8 Å². The van der Waals surface area contributed by atoms with E-state index in [2.05, 4.69) is 35.9 Å². The van der Waals surface area contributed by atoms with Crippen molar-refractivity contribution in [3.8, 4) is 0 Å². The first-order valence-corrected chi connectivity index (χ1v) is 16.6. The molecule has 0 aliphatic carbocycles. The van der Waals surface area contributed by atoms with Gasteiger partial charge < -0.3 is 41.7 Å². The van der Waals surface area contributed by atoms with Crippen LogP contribution >= 0.6 is 11.8 Å². The fourth-order valence-electron chi connectivity index (χ4n) is 5.50. The second kappa shape index (κ2) is 15.5. The van der Waals surface area contributed by atoms with Gasteiger partial charge in [0.1, 0.15) is 18.1 Å². The van der Waals surface area contributed by atoms with Crippen LogP contribution in [0, 0.1) is 0 Å². The molecule has 0 aliphatic heterocycles. The van der Waals surface area contributed by atoms with Crippen LogP contribution in [-0.2, 0) is 38.4 Å². The molecule has 0 bridgehead atoms. The number of amides is 3. The predicted molar refractivity (Wildman–Crippen MR) is 181 cm³/mol. The van der Waals surface area contributed by atoms with E-state index in [0.29, 0.717) is 11.4 Å². The first-order valence-electron chi connectivity index (χ1n) is 15.2. The van der Waals surface area contributed by atoms with E-state index in [1.54, 1.807) is 18.6 Å². The number of benzene rings is 2. The van der Waals surface area contributed by atoms with Gasteiger partial charge in [-0.3, -0.25) is 14.4 Å². The second-order valence-electron chi connectivity index (χ2n) is 11.3. The highest BCUT2D eigenvalue weighted by Crippen LogP contribution is 2.21. The molecular formula is C33H38N8O5S. The minimum absolute atomic E-state index is 0.0730. The number of aromatic nitrogens is 4. The fraction of sp³-hybridized carbons (Fsp3) is 0.303. The monoisotopic (exact) mass is 658 g/mol. The molecule has 14 heteroatoms. The van der Waals surface area contributed by atoms with Gasteiger partial charge in [0, 0.05) is 65.4 Å². The summed E-state index contributed by atoms with van der Waals surface area (Å²) in [7, 11) is 0. The molecule has 246 valence electrons. The van der Waals surface area contributed by atoms with Crippen molar-refractivity contribution >= 4 is 57.3 Å². The van der Waals surface area contributed by atoms with Crippen molar-refractivity contribution < 1.29 is 24.3 Å². The number of hydrogen-bond donors (Lipinski definition) is 8. The maximum atomic E-state index is 14.1. The fourth-order valence-corrected chi connectivity index (χ4v) is 5.97. The summed E-state index contributed by atoms with van der Waals surface area (Å²) in [6.45, 7) is 0. The van der Waals surface area contributed by atoms with Crippen LogP contribution in [0.1, 0.15) is 23.2 Å². The topological polar surface area (TPSA) is 211 Å². The van der Waals surface area contributed by atoms with Crippen LogP contribution in [0.3, 0.4) is 0 Å². The largest absolute Gasteiger partial charge is 0.480 e. The molecule has 47 heavy (non-hydrogen) atoms. The Labute approximate surface area is 274 Å². The summed E-state index contributed by atoms with van der Waals surface area (Å²) >= 11 is 1.47. The first kappa shape index (κ1) is 33.3. The van der Waals surface area contributed by atoms with Gasteiger partial charge in [-0.05, 0) is 41.7 Å². The molecule has 2 aromatic carbocycles. The quantitative estimate of drug-likeness (QED) is 0.0784. The molecule has 5 aromatic rings. The number of aromatic amines is 3. The summed E-state index contributed by atoms with van der Waals surface area (Å²) in [6.07, 6.45) is 9.01. The van der Waals surface area contributed by atoms with Crippen LogP contribution in [0.25, 0.3) is 21.8 Å². The molecule has 0 radical (unpaired) electrons. The Morgan fingerprint density at radius 2 is 1.32 bits per heavy atom. The van der Waals surface area contributed by atoms with Crippen molar-refractivity contribution in [2.24, 2.45) is 5.73 Å². The smallest absolute Gasteiger partial charge is 0.326 e. The normalized spacial score (nSPS) is 13.9. The van der Waals surface area contributed by atoms with Crippen LogP contribution in [-0.4, -0.2) is 84.9 Å². The van der Waals surface area contributed by atoms with Crippen LogP contribution in [0.15, 0.2) is 73.4 Å². The number of carboxylic acid groups (broad SMARTS) is 1. The number of aliphatic carboxylic acids is 1. The summed E-state index contributed by atoms with van der Waals surface area (Å²) in [5, 5.41) is 19.8. The number of nitrogens with two attached hydrogens (primary N) is 1. The van der Waals surface area contributed by atoms with Crippen molar-refractivity contribution in [1.29, 1.82) is 0 Å². The number of para-hydroxylation sites is 2. The van der Waals surface area contributed by atoms with Crippen molar-refractivity contribution in [3.63, 3.8) is 0 Å². The number of carbonyl (C=O) groups is 4. The molecule has 13 nitrogen and oxygen atoms in total. The third kappa shape index (κ3) is 8.40. The van der Waals surface area contributed by atoms with Crippen molar-refractivity contribution in [3.05, 3.63) is 90.3 Å². The lowest BCUT2D eigenvalue weighted by molar-refractivity contribution is -0.142. The number of nitrogens with zero attached hydrogens (tertiary/aromatic N) is 1. The van der Waals surface area contributed by atoms with Gasteiger partial charge in [-0.25, -0.2) is 9.78 Å². The summed E-state index contributed by atoms with van der Waals surface area (Å²) in [5.74, 6) is -2.46. The zero-order valence-electron chi connectivity index (χ0n) is 25.8. The van der Waals surface area contributed by atoms with Gasteiger partial charge in [0.05, 0.1) is 12.4 Å². The molecule has 4 unspecified atom stereocenters. The van der Waals surface area contributed by atoms with Crippen molar-refractivity contribution in [2.45, 2.75) is 49.9 Å². The molecule has 3 amide bonds. The highest BCUT2D eigenvalue weighted by molar-refractivity contribution is 7.98. The Morgan fingerprint density at radius 3 is 1.83 bits per heavy atom. The molecule has 0 saturated carbocycles. The van der Waals surface area contributed by atoms with Crippen molar-refractivity contribution in [1.82, 2.24) is 35.9 Å². The average molecular weight is 659 g/mol. The summed E-state index contributed by atoms with van der Waals surface area (Å²) in [6, 6.07) is 10.8. The molecule has 0 saturated heterocycles. The summed E-state index contributed by atoms with van der Waals surface area (Å²) in [4.78, 5) is 66.3. The third-order valence-electron chi connectivity index (χ3n) is 8.02. The van der Waals surface area contributed by atoms with Gasteiger partial charge in [-0.15, -0.1) is 0 Å². The highest BCUT2D eigenvalue weighted by atomic mass is 32.2. The molecule has 5 rings (SSSR count). The van der Waals surface area contributed by atoms with E-state index in [9.17, 15) is 24.3 Å². The molecule has 4 atom stereocenters. The van der Waals surface area contributed by atoms with Crippen LogP contribution in [0.5, 0.6) is 0 Å². The molecule has 0 aliphatic rings. The highest BCUT2D eigenvalue weighted by Gasteiger charge is 2.31. The Balaban J connectivity index is 1.42. The lowest BCUT2D eigenvalue weighted by Crippen LogP contribution is -2.58. The first-order chi connectivity index (χ1) is 22.7. The van der Waals surface area contributed by atoms with Crippen LogP contribution in [0.4, 0.5) is 0 Å². The van der Waals surface area contributed by atoms with Gasteiger partial charge in [-0.1, -0.05) is 36.4 Å². The van der Waals surface area contributed by atoms with Gasteiger partial charge >= 0.3 is 5.97 Å². The summed E-state index contributed by atoms with van der Waals surface area (Å²) < 4.78 is 0.